The molecule has 6 N–H and O–H groups in total. The van der Waals surface area contributed by atoms with Crippen molar-refractivity contribution >= 4 is 11.9 Å². The van der Waals surface area contributed by atoms with Crippen LogP contribution in [0.2, 0.25) is 0 Å². The first-order chi connectivity index (χ1) is 15.4. The Kier molecular flexibility index (Phi) is 26.7. The Balaban J connectivity index is 0. The van der Waals surface area contributed by atoms with E-state index in [1.54, 1.807) is 4.90 Å². The molecule has 9 heteroatoms. The average molecular weight is 465 g/mol. The van der Waals surface area contributed by atoms with Gasteiger partial charge in [0, 0.05) is 26.1 Å². The number of aliphatic hydroxyl groups excluding tert-OH is 3. The van der Waals surface area contributed by atoms with E-state index in [1.165, 1.54) is 51.4 Å². The van der Waals surface area contributed by atoms with Gasteiger partial charge in [-0.3, -0.25) is 14.5 Å². The molecule has 0 aromatic heterocycles. The second kappa shape index (κ2) is 26.0. The molecule has 0 aromatic carbocycles. The number of aliphatic hydroxyl groups is 3. The highest BCUT2D eigenvalue weighted by Gasteiger charge is 2.15. The van der Waals surface area contributed by atoms with Gasteiger partial charge in [0.15, 0.2) is 0 Å². The van der Waals surface area contributed by atoms with Crippen LogP contribution in [0.3, 0.4) is 0 Å². The number of nitrogens with zero attached hydrogens (tertiary/aromatic N) is 1. The standard InChI is InChI=1S/C17H33NO4.C6H15NO3/c1-2-3-4-5-6-7-8-9-10-11-14-22-17(21)15(18)12-13-16(19)20;8-4-1-7(2-5-9)3-6-10/h15H,2-14,18H2,1H3,(H,19,20);8-10H,1-6H2. The van der Waals surface area contributed by atoms with Crippen LogP contribution in [0, 0.1) is 0 Å². The van der Waals surface area contributed by atoms with Gasteiger partial charge < -0.3 is 30.9 Å². The fourth-order valence-electron chi connectivity index (χ4n) is 3.03. The van der Waals surface area contributed by atoms with Gasteiger partial charge >= 0.3 is 11.9 Å². The molecule has 192 valence electrons. The number of carbonyl (C=O) groups is 2. The van der Waals surface area contributed by atoms with Crippen molar-refractivity contribution in [1.29, 1.82) is 0 Å². The SMILES string of the molecule is CCCCCCCCCCCCOC(=O)C(N)CCC(=O)O.OCCN(CCO)CCO. The summed E-state index contributed by atoms with van der Waals surface area (Å²) >= 11 is 0. The maximum atomic E-state index is 11.5. The Morgan fingerprint density at radius 3 is 1.66 bits per heavy atom. The van der Waals surface area contributed by atoms with Gasteiger partial charge in [0.05, 0.1) is 26.4 Å². The molecule has 0 heterocycles. The summed E-state index contributed by atoms with van der Waals surface area (Å²) in [6.45, 7) is 4.37. The predicted molar refractivity (Wildman–Crippen MR) is 125 cm³/mol. The normalized spacial score (nSPS) is 11.7. The van der Waals surface area contributed by atoms with E-state index >= 15 is 0 Å². The first-order valence-electron chi connectivity index (χ1n) is 12.1. The summed E-state index contributed by atoms with van der Waals surface area (Å²) < 4.78 is 5.05. The van der Waals surface area contributed by atoms with Crippen LogP contribution in [0.5, 0.6) is 0 Å². The lowest BCUT2D eigenvalue weighted by atomic mass is 10.1. The molecule has 0 aromatic rings. The van der Waals surface area contributed by atoms with E-state index in [2.05, 4.69) is 6.92 Å². The minimum Gasteiger partial charge on any atom is -0.481 e. The molecule has 0 amide bonds. The van der Waals surface area contributed by atoms with E-state index in [9.17, 15) is 9.59 Å². The van der Waals surface area contributed by atoms with Crippen LogP contribution in [-0.4, -0.2) is 89.4 Å². The van der Waals surface area contributed by atoms with Crippen molar-refractivity contribution in [3.8, 4) is 0 Å². The van der Waals surface area contributed by atoms with Crippen LogP contribution < -0.4 is 5.73 Å². The Hall–Kier alpha value is -1.26. The Morgan fingerprint density at radius 2 is 1.25 bits per heavy atom. The van der Waals surface area contributed by atoms with E-state index in [1.807, 2.05) is 0 Å². The zero-order valence-corrected chi connectivity index (χ0v) is 20.1. The van der Waals surface area contributed by atoms with Gasteiger partial charge in [0.25, 0.3) is 0 Å². The summed E-state index contributed by atoms with van der Waals surface area (Å²) in [5.74, 6) is -1.44. The summed E-state index contributed by atoms with van der Waals surface area (Å²) in [4.78, 5) is 23.6. The number of carboxylic acid groups (broad SMARTS) is 1. The summed E-state index contributed by atoms with van der Waals surface area (Å²) in [6, 6.07) is -0.820. The number of esters is 1. The lowest BCUT2D eigenvalue weighted by Crippen LogP contribution is -2.33. The molecular weight excluding hydrogens is 416 g/mol. The molecule has 0 aliphatic rings. The molecule has 0 aliphatic carbocycles. The largest absolute Gasteiger partial charge is 0.481 e. The van der Waals surface area contributed by atoms with Crippen LogP contribution in [0.4, 0.5) is 0 Å². The number of ether oxygens (including phenoxy) is 1. The highest BCUT2D eigenvalue weighted by Crippen LogP contribution is 2.10. The second-order valence-corrected chi connectivity index (χ2v) is 7.90. The number of nitrogens with two attached hydrogens (primary N) is 1. The average Bonchev–Trinajstić information content (AvgIpc) is 2.76. The Morgan fingerprint density at radius 1 is 0.812 bits per heavy atom. The van der Waals surface area contributed by atoms with Crippen molar-refractivity contribution in [1.82, 2.24) is 4.90 Å². The molecule has 0 aliphatic heterocycles. The molecule has 1 unspecified atom stereocenters. The van der Waals surface area contributed by atoms with Crippen molar-refractivity contribution in [3.63, 3.8) is 0 Å². The molecule has 0 saturated heterocycles. The Labute approximate surface area is 193 Å². The highest BCUT2D eigenvalue weighted by molar-refractivity contribution is 5.76. The van der Waals surface area contributed by atoms with Gasteiger partial charge in [-0.2, -0.15) is 0 Å². The van der Waals surface area contributed by atoms with E-state index in [-0.39, 0.29) is 32.7 Å². The van der Waals surface area contributed by atoms with E-state index in [0.29, 0.717) is 26.2 Å². The van der Waals surface area contributed by atoms with Crippen LogP contribution >= 0.6 is 0 Å². The zero-order chi connectivity index (χ0) is 24.5. The first kappa shape index (κ1) is 32.9. The topological polar surface area (TPSA) is 154 Å². The maximum absolute atomic E-state index is 11.5. The summed E-state index contributed by atoms with van der Waals surface area (Å²) in [5.41, 5.74) is 5.56. The molecule has 0 bridgehead atoms. The summed E-state index contributed by atoms with van der Waals surface area (Å²) in [7, 11) is 0. The summed E-state index contributed by atoms with van der Waals surface area (Å²) in [5, 5.41) is 34.0. The molecular formula is C23H48N2O7. The molecule has 0 saturated carbocycles. The third-order valence-electron chi connectivity index (χ3n) is 4.96. The molecule has 32 heavy (non-hydrogen) atoms. The van der Waals surface area contributed by atoms with Gasteiger partial charge in [-0.15, -0.1) is 0 Å². The van der Waals surface area contributed by atoms with Crippen LogP contribution in [-0.2, 0) is 14.3 Å². The van der Waals surface area contributed by atoms with Gasteiger partial charge in [-0.1, -0.05) is 64.7 Å². The maximum Gasteiger partial charge on any atom is 0.322 e. The number of hydrogen-bond donors (Lipinski definition) is 5. The highest BCUT2D eigenvalue weighted by atomic mass is 16.5. The van der Waals surface area contributed by atoms with Crippen molar-refractivity contribution < 1.29 is 34.8 Å². The molecule has 0 radical (unpaired) electrons. The Bertz CT molecular complexity index is 411. The molecule has 1 atom stereocenters. The minimum atomic E-state index is -0.946. The van der Waals surface area contributed by atoms with E-state index < -0.39 is 18.0 Å². The molecule has 9 nitrogen and oxygen atoms in total. The zero-order valence-electron chi connectivity index (χ0n) is 20.1. The van der Waals surface area contributed by atoms with Crippen molar-refractivity contribution in [2.75, 3.05) is 46.1 Å². The number of carbonyl (C=O) groups excluding carboxylic acids is 1. The third-order valence-corrected chi connectivity index (χ3v) is 4.96. The van der Waals surface area contributed by atoms with Crippen molar-refractivity contribution in [2.45, 2.75) is 90.0 Å². The number of rotatable bonds is 21. The number of carboxylic acids is 1. The smallest absolute Gasteiger partial charge is 0.322 e. The second-order valence-electron chi connectivity index (χ2n) is 7.90. The van der Waals surface area contributed by atoms with Crippen LogP contribution in [0.15, 0.2) is 0 Å². The van der Waals surface area contributed by atoms with Crippen molar-refractivity contribution in [2.24, 2.45) is 5.73 Å². The quantitative estimate of drug-likeness (QED) is 0.127. The minimum absolute atomic E-state index is 0.0694. The monoisotopic (exact) mass is 464 g/mol. The summed E-state index contributed by atoms with van der Waals surface area (Å²) in [6.07, 6.45) is 12.3. The van der Waals surface area contributed by atoms with Gasteiger partial charge in [-0.05, 0) is 12.8 Å². The lowest BCUT2D eigenvalue weighted by Gasteiger charge is -2.17. The van der Waals surface area contributed by atoms with Gasteiger partial charge in [0.1, 0.15) is 6.04 Å². The lowest BCUT2D eigenvalue weighted by molar-refractivity contribution is -0.145. The third kappa shape index (κ3) is 25.0. The molecule has 0 fully saturated rings. The van der Waals surface area contributed by atoms with Crippen molar-refractivity contribution in [3.05, 3.63) is 0 Å². The van der Waals surface area contributed by atoms with E-state index in [4.69, 9.17) is 30.9 Å². The fraction of sp³-hybridized carbons (Fsp3) is 0.913. The predicted octanol–water partition coefficient (Wildman–Crippen LogP) is 1.91. The molecule has 0 rings (SSSR count). The fourth-order valence-corrected chi connectivity index (χ4v) is 3.03. The first-order valence-corrected chi connectivity index (χ1v) is 12.1. The number of aliphatic carboxylic acids is 1. The number of hydrogen-bond acceptors (Lipinski definition) is 8. The van der Waals surface area contributed by atoms with Gasteiger partial charge in [-0.25, -0.2) is 0 Å². The van der Waals surface area contributed by atoms with Gasteiger partial charge in [0.2, 0.25) is 0 Å². The van der Waals surface area contributed by atoms with E-state index in [0.717, 1.165) is 12.8 Å². The van der Waals surface area contributed by atoms with Crippen LogP contribution in [0.1, 0.15) is 84.0 Å². The number of unbranched alkanes of at least 4 members (excludes halogenated alkanes) is 9. The molecule has 0 spiro atoms. The van der Waals surface area contributed by atoms with Crippen LogP contribution in [0.25, 0.3) is 0 Å².